The number of fused-ring (bicyclic) bond motifs is 1. The molecule has 0 saturated carbocycles. The normalized spacial score (nSPS) is 10.2. The Kier molecular flexibility index (Phi) is 1.74. The summed E-state index contributed by atoms with van der Waals surface area (Å²) >= 11 is 0. The fourth-order valence-electron chi connectivity index (χ4n) is 1.30. The zero-order chi connectivity index (χ0) is 9.26. The first-order valence-electron chi connectivity index (χ1n) is 4.05. The molecule has 0 spiro atoms. The Morgan fingerprint density at radius 2 is 2.08 bits per heavy atom. The van der Waals surface area contributed by atoms with Gasteiger partial charge in [0.25, 0.3) is 0 Å². The summed E-state index contributed by atoms with van der Waals surface area (Å²) in [6.45, 7) is 3.68. The second kappa shape index (κ2) is 2.90. The molecule has 2 nitrogen and oxygen atoms in total. The van der Waals surface area contributed by atoms with Gasteiger partial charge in [0.2, 0.25) is 5.56 Å². The van der Waals surface area contributed by atoms with E-state index in [0.717, 1.165) is 16.5 Å². The van der Waals surface area contributed by atoms with E-state index >= 15 is 0 Å². The summed E-state index contributed by atoms with van der Waals surface area (Å²) in [5, 5.41) is 1.03. The third-order valence-corrected chi connectivity index (χ3v) is 1.98. The van der Waals surface area contributed by atoms with Crippen LogP contribution in [0.3, 0.4) is 0 Å². The van der Waals surface area contributed by atoms with Crippen LogP contribution < -0.4 is 5.56 Å². The smallest absolute Gasteiger partial charge is 0.248 e. The van der Waals surface area contributed by atoms with E-state index in [0.29, 0.717) is 0 Å². The molecule has 1 aromatic carbocycles. The number of pyridine rings is 1. The van der Waals surface area contributed by atoms with E-state index in [-0.39, 0.29) is 5.56 Å². The Morgan fingerprint density at radius 3 is 2.85 bits per heavy atom. The van der Waals surface area contributed by atoms with E-state index in [1.807, 2.05) is 18.2 Å². The van der Waals surface area contributed by atoms with Crippen LogP contribution in [0.4, 0.5) is 0 Å². The van der Waals surface area contributed by atoms with Crippen LogP contribution in [-0.4, -0.2) is 4.98 Å². The molecular formula is C11H9NO. The number of benzene rings is 1. The van der Waals surface area contributed by atoms with Gasteiger partial charge in [-0.25, -0.2) is 0 Å². The number of nitrogens with one attached hydrogen (secondary N) is 1. The van der Waals surface area contributed by atoms with Crippen LogP contribution >= 0.6 is 0 Å². The molecule has 0 amide bonds. The molecule has 0 aliphatic heterocycles. The van der Waals surface area contributed by atoms with Crippen molar-refractivity contribution in [2.75, 3.05) is 0 Å². The molecule has 2 heteroatoms. The van der Waals surface area contributed by atoms with Crippen molar-refractivity contribution in [3.05, 3.63) is 52.8 Å². The van der Waals surface area contributed by atoms with E-state index in [1.54, 1.807) is 12.1 Å². The molecule has 0 fully saturated rings. The minimum atomic E-state index is -0.0705. The molecule has 0 radical (unpaired) electrons. The fourth-order valence-corrected chi connectivity index (χ4v) is 1.30. The minimum absolute atomic E-state index is 0.0705. The Bertz CT molecular complexity index is 511. The maximum absolute atomic E-state index is 11.0. The lowest BCUT2D eigenvalue weighted by molar-refractivity contribution is 1.31. The molecule has 0 unspecified atom stereocenters. The molecule has 0 atom stereocenters. The summed E-state index contributed by atoms with van der Waals surface area (Å²) < 4.78 is 0. The van der Waals surface area contributed by atoms with Gasteiger partial charge in [0.1, 0.15) is 0 Å². The van der Waals surface area contributed by atoms with Crippen LogP contribution in [-0.2, 0) is 0 Å². The second-order valence-electron chi connectivity index (χ2n) is 2.87. The van der Waals surface area contributed by atoms with Crippen molar-refractivity contribution < 1.29 is 0 Å². The zero-order valence-corrected chi connectivity index (χ0v) is 7.08. The van der Waals surface area contributed by atoms with Crippen LogP contribution in [0, 0.1) is 0 Å². The van der Waals surface area contributed by atoms with Gasteiger partial charge in [0.05, 0.1) is 0 Å². The van der Waals surface area contributed by atoms with Crippen molar-refractivity contribution in [2.24, 2.45) is 0 Å². The third-order valence-electron chi connectivity index (χ3n) is 1.98. The maximum atomic E-state index is 11.0. The summed E-state index contributed by atoms with van der Waals surface area (Å²) in [7, 11) is 0. The Labute approximate surface area is 75.5 Å². The van der Waals surface area contributed by atoms with Crippen LogP contribution in [0.5, 0.6) is 0 Å². The molecule has 0 bridgehead atoms. The molecular weight excluding hydrogens is 162 g/mol. The van der Waals surface area contributed by atoms with Crippen LogP contribution in [0.15, 0.2) is 41.7 Å². The van der Waals surface area contributed by atoms with Crippen molar-refractivity contribution in [2.45, 2.75) is 0 Å². The van der Waals surface area contributed by atoms with Gasteiger partial charge < -0.3 is 4.98 Å². The molecule has 2 aromatic rings. The average molecular weight is 171 g/mol. The van der Waals surface area contributed by atoms with E-state index in [2.05, 4.69) is 11.6 Å². The van der Waals surface area contributed by atoms with Gasteiger partial charge in [0, 0.05) is 11.6 Å². The predicted molar refractivity (Wildman–Crippen MR) is 54.7 cm³/mol. The first-order chi connectivity index (χ1) is 6.29. The van der Waals surface area contributed by atoms with Gasteiger partial charge in [-0.05, 0) is 29.1 Å². The molecule has 1 aromatic heterocycles. The van der Waals surface area contributed by atoms with Crippen molar-refractivity contribution in [1.29, 1.82) is 0 Å². The molecule has 64 valence electrons. The number of H-pyrrole nitrogens is 1. The lowest BCUT2D eigenvalue weighted by atomic mass is 10.1. The van der Waals surface area contributed by atoms with Gasteiger partial charge in [-0.15, -0.1) is 0 Å². The summed E-state index contributed by atoms with van der Waals surface area (Å²) in [5.74, 6) is 0. The van der Waals surface area contributed by atoms with Crippen molar-refractivity contribution in [3.8, 4) is 0 Å². The first kappa shape index (κ1) is 7.80. The Hall–Kier alpha value is -1.83. The average Bonchev–Trinajstić information content (AvgIpc) is 2.17. The highest BCUT2D eigenvalue weighted by molar-refractivity contribution is 5.80. The topological polar surface area (TPSA) is 32.9 Å². The van der Waals surface area contributed by atoms with E-state index in [1.165, 1.54) is 6.07 Å². The molecule has 1 N–H and O–H groups in total. The fraction of sp³-hybridized carbons (Fsp3) is 0. The predicted octanol–water partition coefficient (Wildman–Crippen LogP) is 2.17. The molecule has 13 heavy (non-hydrogen) atoms. The summed E-state index contributed by atoms with van der Waals surface area (Å²) in [6.07, 6.45) is 1.78. The van der Waals surface area contributed by atoms with Gasteiger partial charge >= 0.3 is 0 Å². The second-order valence-corrected chi connectivity index (χ2v) is 2.87. The van der Waals surface area contributed by atoms with E-state index in [4.69, 9.17) is 0 Å². The van der Waals surface area contributed by atoms with Gasteiger partial charge in [-0.2, -0.15) is 0 Å². The highest BCUT2D eigenvalue weighted by atomic mass is 16.1. The number of hydrogen-bond acceptors (Lipinski definition) is 1. The summed E-state index contributed by atoms with van der Waals surface area (Å²) in [6, 6.07) is 9.12. The summed E-state index contributed by atoms with van der Waals surface area (Å²) in [4.78, 5) is 13.7. The molecule has 0 saturated heterocycles. The zero-order valence-electron chi connectivity index (χ0n) is 7.08. The van der Waals surface area contributed by atoms with Crippen LogP contribution in [0.2, 0.25) is 0 Å². The maximum Gasteiger partial charge on any atom is 0.248 e. The van der Waals surface area contributed by atoms with E-state index in [9.17, 15) is 4.79 Å². The van der Waals surface area contributed by atoms with E-state index < -0.39 is 0 Å². The Morgan fingerprint density at radius 1 is 1.23 bits per heavy atom. The lowest BCUT2D eigenvalue weighted by Gasteiger charge is -1.97. The van der Waals surface area contributed by atoms with Crippen molar-refractivity contribution in [1.82, 2.24) is 4.98 Å². The van der Waals surface area contributed by atoms with Gasteiger partial charge in [0.15, 0.2) is 0 Å². The number of aromatic amines is 1. The highest BCUT2D eigenvalue weighted by Gasteiger charge is 1.93. The number of rotatable bonds is 1. The van der Waals surface area contributed by atoms with Crippen molar-refractivity contribution >= 4 is 17.0 Å². The quantitative estimate of drug-likeness (QED) is 0.700. The van der Waals surface area contributed by atoms with Gasteiger partial charge in [-0.3, -0.25) is 4.79 Å². The lowest BCUT2D eigenvalue weighted by Crippen LogP contribution is -2.01. The first-order valence-corrected chi connectivity index (χ1v) is 4.05. The highest BCUT2D eigenvalue weighted by Crippen LogP contribution is 2.12. The van der Waals surface area contributed by atoms with Crippen LogP contribution in [0.25, 0.3) is 17.0 Å². The Balaban J connectivity index is 2.80. The van der Waals surface area contributed by atoms with Crippen molar-refractivity contribution in [3.63, 3.8) is 0 Å². The van der Waals surface area contributed by atoms with Gasteiger partial charge in [-0.1, -0.05) is 18.7 Å². The summed E-state index contributed by atoms with van der Waals surface area (Å²) in [5.41, 5.74) is 1.84. The SMILES string of the molecule is C=Cc1ccc2[nH]c(=O)ccc2c1. The third kappa shape index (κ3) is 1.38. The monoisotopic (exact) mass is 171 g/mol. The standard InChI is InChI=1S/C11H9NO/c1-2-8-3-5-10-9(7-8)4-6-11(13)12-10/h2-7H,1H2,(H,12,13). The van der Waals surface area contributed by atoms with Crippen LogP contribution in [0.1, 0.15) is 5.56 Å². The largest absolute Gasteiger partial charge is 0.322 e. The molecule has 0 aliphatic rings. The number of hydrogen-bond donors (Lipinski definition) is 1. The molecule has 0 aliphatic carbocycles. The minimum Gasteiger partial charge on any atom is -0.322 e. The number of aromatic nitrogens is 1. The molecule has 1 heterocycles. The molecule has 2 rings (SSSR count).